The van der Waals surface area contributed by atoms with Gasteiger partial charge in [0.15, 0.2) is 0 Å². The van der Waals surface area contributed by atoms with Crippen LogP contribution in [0.25, 0.3) is 71.4 Å². The molecule has 0 N–H and O–H groups in total. The lowest BCUT2D eigenvalue weighted by atomic mass is 9.87. The lowest BCUT2D eigenvalue weighted by molar-refractivity contribution is -0.138. The maximum atomic E-state index is 14.8. The second-order valence-electron chi connectivity index (χ2n) is 13.3. The number of nitrogens with zero attached hydrogens (tertiary/aromatic N) is 1. The number of benzene rings is 6. The smallest absolute Gasteiger partial charge is 0.416 e. The first-order chi connectivity index (χ1) is 25.6. The third-order valence-corrected chi connectivity index (χ3v) is 9.71. The highest BCUT2D eigenvalue weighted by Crippen LogP contribution is 2.47. The molecule has 0 bridgehead atoms. The number of hydrogen-bond acceptors (Lipinski definition) is 3. The van der Waals surface area contributed by atoms with Gasteiger partial charge in [-0.2, -0.15) is 26.3 Å². The van der Waals surface area contributed by atoms with E-state index in [9.17, 15) is 35.9 Å². The van der Waals surface area contributed by atoms with E-state index in [2.05, 4.69) is 0 Å². The molecule has 6 aromatic carbocycles. The minimum atomic E-state index is -4.68. The molecule has 10 heteroatoms. The normalized spacial score (nSPS) is 12.3. The molecular weight excluding hydrogens is 704 g/mol. The van der Waals surface area contributed by atoms with Crippen molar-refractivity contribution in [3.63, 3.8) is 0 Å². The highest BCUT2D eigenvalue weighted by molar-refractivity contribution is 6.32. The Hall–Kier alpha value is -5.90. The molecule has 0 saturated heterocycles. The number of fused-ring (bicyclic) bond motifs is 2. The van der Waals surface area contributed by atoms with Crippen molar-refractivity contribution in [3.8, 4) is 27.9 Å². The number of aromatic nitrogens is 1. The molecule has 274 valence electrons. The van der Waals surface area contributed by atoms with Gasteiger partial charge in [0, 0.05) is 37.9 Å². The van der Waals surface area contributed by atoms with E-state index in [1.807, 2.05) is 39.8 Å². The summed E-state index contributed by atoms with van der Waals surface area (Å²) in [6.45, 7) is 9.61. The number of para-hydroxylation sites is 2. The highest BCUT2D eigenvalue weighted by Gasteiger charge is 2.33. The number of pyridine rings is 1. The van der Waals surface area contributed by atoms with Gasteiger partial charge >= 0.3 is 12.4 Å². The summed E-state index contributed by atoms with van der Waals surface area (Å²) in [5.41, 5.74) is -0.474. The van der Waals surface area contributed by atoms with Crippen LogP contribution < -0.4 is 11.1 Å². The molecule has 0 aliphatic heterocycles. The van der Waals surface area contributed by atoms with E-state index in [1.54, 1.807) is 37.3 Å². The molecule has 0 spiro atoms. The summed E-state index contributed by atoms with van der Waals surface area (Å²) in [5.74, 6) is -0.112. The van der Waals surface area contributed by atoms with Crippen LogP contribution in [0, 0.1) is 6.92 Å². The SMILES string of the molecule is CC.Cc1cccc(C(C)C)c1-n1c(=O)c2cc(-c3cccc(C(F)(F)F)c3)c3oc4ccccc4c4c(-c5cccc(C(F)(F)F)c5)cc(c1=O)c2c34. The first-order valence-corrected chi connectivity index (χ1v) is 17.4. The average Bonchev–Trinajstić information content (AvgIpc) is 3.15. The Bertz CT molecular complexity index is 2830. The minimum absolute atomic E-state index is 0.0403. The molecule has 54 heavy (non-hydrogen) atoms. The first-order valence-electron chi connectivity index (χ1n) is 17.4. The van der Waals surface area contributed by atoms with Crippen LogP contribution >= 0.6 is 0 Å². The molecule has 4 nitrogen and oxygen atoms in total. The minimum Gasteiger partial charge on any atom is -0.455 e. The maximum absolute atomic E-state index is 14.8. The topological polar surface area (TPSA) is 52.2 Å². The van der Waals surface area contributed by atoms with Crippen molar-refractivity contribution >= 4 is 43.5 Å². The van der Waals surface area contributed by atoms with Gasteiger partial charge in [-0.05, 0) is 83.1 Å². The van der Waals surface area contributed by atoms with Crippen molar-refractivity contribution in [2.75, 3.05) is 0 Å². The predicted molar refractivity (Wildman–Crippen MR) is 203 cm³/mol. The molecule has 0 amide bonds. The summed E-state index contributed by atoms with van der Waals surface area (Å²) in [4.78, 5) is 29.6. The fourth-order valence-corrected chi connectivity index (χ4v) is 7.36. The van der Waals surface area contributed by atoms with Gasteiger partial charge < -0.3 is 4.42 Å². The fraction of sp³-hybridized carbons (Fsp3) is 0.182. The Balaban J connectivity index is 0.00000221. The van der Waals surface area contributed by atoms with Crippen molar-refractivity contribution in [1.82, 2.24) is 4.57 Å². The molecule has 8 aromatic rings. The quantitative estimate of drug-likeness (QED) is 0.103. The van der Waals surface area contributed by atoms with Gasteiger partial charge in [0.2, 0.25) is 0 Å². The van der Waals surface area contributed by atoms with Crippen molar-refractivity contribution in [2.24, 2.45) is 0 Å². The standard InChI is InChI=1S/C42H27F6NO3.C2H6/c1-21(2)27-15-6-9-22(3)37(27)49-39(50)31-19-29(23-10-7-12-25(17-23)41(43,44)45)34-28-14-4-5-16-33(28)52-38-30(20-32(40(49)51)35(31)36(34)38)24-11-8-13-26(18-24)42(46,47)48;1-2/h4-21H,1-3H3;1-2H3. The third kappa shape index (κ3) is 5.80. The zero-order valence-corrected chi connectivity index (χ0v) is 29.8. The van der Waals surface area contributed by atoms with Crippen molar-refractivity contribution in [1.29, 1.82) is 0 Å². The van der Waals surface area contributed by atoms with Crippen LogP contribution in [0.15, 0.2) is 117 Å². The van der Waals surface area contributed by atoms with Crippen molar-refractivity contribution < 1.29 is 30.8 Å². The van der Waals surface area contributed by atoms with Crippen LogP contribution in [0.2, 0.25) is 0 Å². The van der Waals surface area contributed by atoms with Gasteiger partial charge in [-0.25, -0.2) is 4.57 Å². The van der Waals surface area contributed by atoms with E-state index in [0.717, 1.165) is 28.8 Å². The summed E-state index contributed by atoms with van der Waals surface area (Å²) in [6, 6.07) is 24.5. The van der Waals surface area contributed by atoms with E-state index in [-0.39, 0.29) is 55.3 Å². The van der Waals surface area contributed by atoms with Crippen LogP contribution in [0.5, 0.6) is 0 Å². The molecule has 0 radical (unpaired) electrons. The van der Waals surface area contributed by atoms with Crippen molar-refractivity contribution in [2.45, 2.75) is 52.9 Å². The fourth-order valence-electron chi connectivity index (χ4n) is 7.36. The molecule has 0 aliphatic rings. The number of aryl methyl sites for hydroxylation is 1. The van der Waals surface area contributed by atoms with E-state index < -0.39 is 34.6 Å². The van der Waals surface area contributed by atoms with Crippen LogP contribution in [0.3, 0.4) is 0 Å². The molecule has 0 atom stereocenters. The van der Waals surface area contributed by atoms with E-state index in [0.29, 0.717) is 33.2 Å². The third-order valence-electron chi connectivity index (χ3n) is 9.71. The molecule has 8 rings (SSSR count). The average molecular weight is 738 g/mol. The van der Waals surface area contributed by atoms with Crippen LogP contribution in [-0.2, 0) is 12.4 Å². The monoisotopic (exact) mass is 737 g/mol. The van der Waals surface area contributed by atoms with Gasteiger partial charge in [-0.1, -0.05) is 88.4 Å². The number of rotatable bonds is 4. The van der Waals surface area contributed by atoms with E-state index in [4.69, 9.17) is 4.42 Å². The summed E-state index contributed by atoms with van der Waals surface area (Å²) < 4.78 is 91.9. The molecular formula is C44H33F6NO3. The lowest BCUT2D eigenvalue weighted by Crippen LogP contribution is -2.33. The number of halogens is 6. The molecule has 2 aromatic heterocycles. The summed E-state index contributed by atoms with van der Waals surface area (Å²) in [5, 5.41) is 1.39. The van der Waals surface area contributed by atoms with Gasteiger partial charge in [0.1, 0.15) is 11.2 Å². The van der Waals surface area contributed by atoms with E-state index in [1.165, 1.54) is 36.4 Å². The first kappa shape index (κ1) is 36.5. The van der Waals surface area contributed by atoms with Gasteiger partial charge in [0.05, 0.1) is 16.8 Å². The molecule has 0 saturated carbocycles. The summed E-state index contributed by atoms with van der Waals surface area (Å²) in [6.07, 6.45) is -9.36. The lowest BCUT2D eigenvalue weighted by Gasteiger charge is -2.21. The molecule has 0 fully saturated rings. The largest absolute Gasteiger partial charge is 0.455 e. The Morgan fingerprint density at radius 3 is 1.70 bits per heavy atom. The molecule has 2 heterocycles. The predicted octanol–water partition coefficient (Wildman–Crippen LogP) is 12.7. The zero-order chi connectivity index (χ0) is 38.9. The number of alkyl halides is 6. The van der Waals surface area contributed by atoms with Crippen LogP contribution in [0.4, 0.5) is 26.3 Å². The molecule has 0 unspecified atom stereocenters. The Morgan fingerprint density at radius 1 is 0.593 bits per heavy atom. The second-order valence-corrected chi connectivity index (χ2v) is 13.3. The Morgan fingerprint density at radius 2 is 1.13 bits per heavy atom. The van der Waals surface area contributed by atoms with E-state index >= 15 is 0 Å². The second kappa shape index (κ2) is 13.2. The summed E-state index contributed by atoms with van der Waals surface area (Å²) >= 11 is 0. The zero-order valence-electron chi connectivity index (χ0n) is 29.8. The summed E-state index contributed by atoms with van der Waals surface area (Å²) in [7, 11) is 0. The van der Waals surface area contributed by atoms with Gasteiger partial charge in [-0.3, -0.25) is 9.59 Å². The van der Waals surface area contributed by atoms with Crippen LogP contribution in [0.1, 0.15) is 55.9 Å². The van der Waals surface area contributed by atoms with Crippen molar-refractivity contribution in [3.05, 3.63) is 146 Å². The van der Waals surface area contributed by atoms with Crippen LogP contribution in [-0.4, -0.2) is 4.57 Å². The van der Waals surface area contributed by atoms with Gasteiger partial charge in [-0.15, -0.1) is 0 Å². The highest BCUT2D eigenvalue weighted by atomic mass is 19.4. The molecule has 0 aliphatic carbocycles. The Kier molecular flexibility index (Phi) is 8.91. The maximum Gasteiger partial charge on any atom is 0.416 e. The Labute approximate surface area is 305 Å². The van der Waals surface area contributed by atoms with Gasteiger partial charge in [0.25, 0.3) is 11.1 Å². The number of hydrogen-bond donors (Lipinski definition) is 0.